The number of methoxy groups -OCH3 is 1. The number of ether oxygens (including phenoxy) is 3. The molecule has 1 saturated heterocycles. The molecular formula is C22H29N3O4. The first-order valence-electron chi connectivity index (χ1n) is 9.88. The Morgan fingerprint density at radius 1 is 1.17 bits per heavy atom. The maximum absolute atomic E-state index is 12.3. The Morgan fingerprint density at radius 3 is 2.41 bits per heavy atom. The van der Waals surface area contributed by atoms with Gasteiger partial charge in [0, 0.05) is 25.8 Å². The smallest absolute Gasteiger partial charge is 0.261 e. The number of nitrogens with zero attached hydrogens (tertiary/aromatic N) is 2. The van der Waals surface area contributed by atoms with E-state index in [4.69, 9.17) is 14.2 Å². The van der Waals surface area contributed by atoms with Gasteiger partial charge in [0.1, 0.15) is 17.3 Å². The summed E-state index contributed by atoms with van der Waals surface area (Å²) in [5.41, 5.74) is 0.938. The van der Waals surface area contributed by atoms with Gasteiger partial charge in [-0.3, -0.25) is 4.79 Å². The van der Waals surface area contributed by atoms with Crippen LogP contribution in [0.5, 0.6) is 11.5 Å². The molecule has 2 aromatic rings. The first-order valence-corrected chi connectivity index (χ1v) is 9.88. The lowest BCUT2D eigenvalue weighted by atomic mass is 10.2. The number of rotatable bonds is 7. The zero-order valence-corrected chi connectivity index (χ0v) is 17.4. The van der Waals surface area contributed by atoms with Gasteiger partial charge in [-0.1, -0.05) is 6.07 Å². The van der Waals surface area contributed by atoms with E-state index in [0.717, 1.165) is 30.2 Å². The molecule has 3 rings (SSSR count). The van der Waals surface area contributed by atoms with Gasteiger partial charge >= 0.3 is 0 Å². The largest absolute Gasteiger partial charge is 0.497 e. The second kappa shape index (κ2) is 9.60. The summed E-state index contributed by atoms with van der Waals surface area (Å²) < 4.78 is 16.6. The normalized spacial score (nSPS) is 20.1. The number of nitrogens with one attached hydrogen (secondary N) is 1. The fourth-order valence-corrected chi connectivity index (χ4v) is 3.32. The number of carbonyl (C=O) groups excluding carboxylic acids is 1. The fourth-order valence-electron chi connectivity index (χ4n) is 3.32. The topological polar surface area (TPSA) is 72.9 Å². The van der Waals surface area contributed by atoms with Gasteiger partial charge in [0.05, 0.1) is 19.3 Å². The summed E-state index contributed by atoms with van der Waals surface area (Å²) in [5, 5.41) is 2.89. The van der Waals surface area contributed by atoms with Gasteiger partial charge < -0.3 is 24.4 Å². The lowest BCUT2D eigenvalue weighted by molar-refractivity contribution is -0.127. The number of hydrogen-bond donors (Lipinski definition) is 1. The molecule has 1 N–H and O–H groups in total. The van der Waals surface area contributed by atoms with E-state index in [9.17, 15) is 4.79 Å². The van der Waals surface area contributed by atoms with Crippen molar-refractivity contribution in [2.75, 3.05) is 25.1 Å². The van der Waals surface area contributed by atoms with E-state index < -0.39 is 6.10 Å². The van der Waals surface area contributed by atoms with E-state index in [1.165, 1.54) is 0 Å². The Bertz CT molecular complexity index is 785. The van der Waals surface area contributed by atoms with Crippen LogP contribution < -0.4 is 19.7 Å². The number of anilines is 1. The van der Waals surface area contributed by atoms with E-state index in [-0.39, 0.29) is 18.1 Å². The Kier molecular flexibility index (Phi) is 6.93. The van der Waals surface area contributed by atoms with Gasteiger partial charge in [-0.15, -0.1) is 0 Å². The van der Waals surface area contributed by atoms with Crippen molar-refractivity contribution in [2.45, 2.75) is 45.6 Å². The second-order valence-corrected chi connectivity index (χ2v) is 7.34. The molecule has 1 aromatic carbocycles. The summed E-state index contributed by atoms with van der Waals surface area (Å²) in [6, 6.07) is 11.1. The molecule has 1 aliphatic heterocycles. The standard InChI is InChI=1S/C22H29N3O4/c1-15-13-25(14-16(2)28-15)21-10-5-18(11-23-21)12-24-22(26)17(3)29-20-8-6-19(27-4)7-9-20/h5-11,15-17H,12-14H2,1-4H3,(H,24,26). The quantitative estimate of drug-likeness (QED) is 0.772. The first-order chi connectivity index (χ1) is 13.9. The van der Waals surface area contributed by atoms with Crippen LogP contribution in [0.4, 0.5) is 5.82 Å². The van der Waals surface area contributed by atoms with E-state index in [2.05, 4.69) is 29.0 Å². The zero-order chi connectivity index (χ0) is 20.8. The van der Waals surface area contributed by atoms with Crippen molar-refractivity contribution < 1.29 is 19.0 Å². The third-order valence-corrected chi connectivity index (χ3v) is 4.76. The van der Waals surface area contributed by atoms with Gasteiger partial charge in [-0.05, 0) is 56.7 Å². The van der Waals surface area contributed by atoms with Crippen molar-refractivity contribution in [3.05, 3.63) is 48.2 Å². The summed E-state index contributed by atoms with van der Waals surface area (Å²) in [6.45, 7) is 7.92. The molecular weight excluding hydrogens is 370 g/mol. The van der Waals surface area contributed by atoms with Crippen molar-refractivity contribution in [1.82, 2.24) is 10.3 Å². The fraction of sp³-hybridized carbons (Fsp3) is 0.455. The molecule has 0 bridgehead atoms. The van der Waals surface area contributed by atoms with Crippen LogP contribution in [0.25, 0.3) is 0 Å². The number of pyridine rings is 1. The predicted octanol–water partition coefficient (Wildman–Crippen LogP) is 2.79. The van der Waals surface area contributed by atoms with Crippen molar-refractivity contribution in [3.8, 4) is 11.5 Å². The molecule has 1 amide bonds. The average Bonchev–Trinajstić information content (AvgIpc) is 2.72. The highest BCUT2D eigenvalue weighted by molar-refractivity contribution is 5.80. The third kappa shape index (κ3) is 5.84. The van der Waals surface area contributed by atoms with Gasteiger partial charge in [-0.2, -0.15) is 0 Å². The van der Waals surface area contributed by atoms with Crippen LogP contribution >= 0.6 is 0 Å². The maximum Gasteiger partial charge on any atom is 0.261 e. The number of carbonyl (C=O) groups is 1. The van der Waals surface area contributed by atoms with E-state index in [0.29, 0.717) is 12.3 Å². The zero-order valence-electron chi connectivity index (χ0n) is 17.4. The molecule has 1 aromatic heterocycles. The molecule has 0 aliphatic carbocycles. The molecule has 156 valence electrons. The maximum atomic E-state index is 12.3. The number of morpholine rings is 1. The van der Waals surface area contributed by atoms with E-state index >= 15 is 0 Å². The Hall–Kier alpha value is -2.80. The SMILES string of the molecule is COc1ccc(OC(C)C(=O)NCc2ccc(N3CC(C)OC(C)C3)nc2)cc1. The van der Waals surface area contributed by atoms with Crippen LogP contribution in [0.15, 0.2) is 42.6 Å². The second-order valence-electron chi connectivity index (χ2n) is 7.34. The summed E-state index contributed by atoms with van der Waals surface area (Å²) >= 11 is 0. The molecule has 1 fully saturated rings. The number of amides is 1. The molecule has 7 nitrogen and oxygen atoms in total. The minimum absolute atomic E-state index is 0.180. The number of hydrogen-bond acceptors (Lipinski definition) is 6. The molecule has 2 heterocycles. The molecule has 7 heteroatoms. The molecule has 29 heavy (non-hydrogen) atoms. The molecule has 3 unspecified atom stereocenters. The lowest BCUT2D eigenvalue weighted by Crippen LogP contribution is -2.45. The summed E-state index contributed by atoms with van der Waals surface area (Å²) in [6.07, 6.45) is 1.57. The lowest BCUT2D eigenvalue weighted by Gasteiger charge is -2.36. The summed E-state index contributed by atoms with van der Waals surface area (Å²) in [4.78, 5) is 19.1. The third-order valence-electron chi connectivity index (χ3n) is 4.76. The Balaban J connectivity index is 1.49. The first kappa shape index (κ1) is 20.9. The van der Waals surface area contributed by atoms with Crippen molar-refractivity contribution in [1.29, 1.82) is 0 Å². The predicted molar refractivity (Wildman–Crippen MR) is 111 cm³/mol. The Morgan fingerprint density at radius 2 is 1.83 bits per heavy atom. The summed E-state index contributed by atoms with van der Waals surface area (Å²) in [7, 11) is 1.61. The molecule has 0 saturated carbocycles. The van der Waals surface area contributed by atoms with Gasteiger partial charge in [0.2, 0.25) is 0 Å². The number of aromatic nitrogens is 1. The molecule has 3 atom stereocenters. The summed E-state index contributed by atoms with van der Waals surface area (Å²) in [5.74, 6) is 2.11. The van der Waals surface area contributed by atoms with Crippen molar-refractivity contribution in [2.24, 2.45) is 0 Å². The van der Waals surface area contributed by atoms with Gasteiger partial charge in [-0.25, -0.2) is 4.98 Å². The van der Waals surface area contributed by atoms with E-state index in [1.807, 2.05) is 12.1 Å². The van der Waals surface area contributed by atoms with E-state index in [1.54, 1.807) is 44.5 Å². The Labute approximate surface area is 172 Å². The average molecular weight is 399 g/mol. The molecule has 0 spiro atoms. The van der Waals surface area contributed by atoms with Gasteiger partial charge in [0.25, 0.3) is 5.91 Å². The monoisotopic (exact) mass is 399 g/mol. The van der Waals surface area contributed by atoms with Crippen LogP contribution in [0, 0.1) is 0 Å². The van der Waals surface area contributed by atoms with Crippen LogP contribution in [0.2, 0.25) is 0 Å². The van der Waals surface area contributed by atoms with Crippen LogP contribution in [-0.4, -0.2) is 49.4 Å². The molecule has 1 aliphatic rings. The minimum atomic E-state index is -0.605. The van der Waals surface area contributed by atoms with Crippen LogP contribution in [0.3, 0.4) is 0 Å². The van der Waals surface area contributed by atoms with Crippen LogP contribution in [-0.2, 0) is 16.1 Å². The van der Waals surface area contributed by atoms with Crippen LogP contribution in [0.1, 0.15) is 26.3 Å². The minimum Gasteiger partial charge on any atom is -0.497 e. The van der Waals surface area contributed by atoms with Crippen molar-refractivity contribution >= 4 is 11.7 Å². The molecule has 0 radical (unpaired) electrons. The van der Waals surface area contributed by atoms with Gasteiger partial charge in [0.15, 0.2) is 6.10 Å². The number of benzene rings is 1. The van der Waals surface area contributed by atoms with Crippen molar-refractivity contribution in [3.63, 3.8) is 0 Å². The highest BCUT2D eigenvalue weighted by Crippen LogP contribution is 2.19. The highest BCUT2D eigenvalue weighted by atomic mass is 16.5. The highest BCUT2D eigenvalue weighted by Gasteiger charge is 2.23.